The molecule has 17 heavy (non-hydrogen) atoms. The van der Waals surface area contributed by atoms with Gasteiger partial charge < -0.3 is 5.32 Å². The molecule has 0 aliphatic carbocycles. The fourth-order valence-electron chi connectivity index (χ4n) is 1.10. The number of H-pyrrole nitrogens is 1. The van der Waals surface area contributed by atoms with Gasteiger partial charge in [-0.05, 0) is 20.8 Å². The Balaban J connectivity index is 2.71. The summed E-state index contributed by atoms with van der Waals surface area (Å²) in [6.45, 7) is 4.94. The highest BCUT2D eigenvalue weighted by atomic mass is 32.2. The first-order valence-electron chi connectivity index (χ1n) is 5.13. The number of sulfone groups is 1. The largest absolute Gasteiger partial charge is 0.350 e. The summed E-state index contributed by atoms with van der Waals surface area (Å²) in [5, 5.41) is 8.97. The number of amides is 1. The topological polar surface area (TPSA) is 91.9 Å². The summed E-state index contributed by atoms with van der Waals surface area (Å²) in [4.78, 5) is 11.7. The number of carbonyl (C=O) groups is 1. The average molecular weight is 259 g/mol. The number of carbonyl (C=O) groups excluding carboxylic acids is 1. The van der Waals surface area contributed by atoms with E-state index in [1.165, 1.54) is 6.20 Å². The van der Waals surface area contributed by atoms with Gasteiger partial charge in [0, 0.05) is 18.5 Å². The Morgan fingerprint density at radius 2 is 2.12 bits per heavy atom. The molecule has 2 N–H and O–H groups in total. The van der Waals surface area contributed by atoms with Gasteiger partial charge in [0.2, 0.25) is 0 Å². The lowest BCUT2D eigenvalue weighted by Crippen LogP contribution is -2.43. The Kier molecular flexibility index (Phi) is 3.61. The normalized spacial score (nSPS) is 12.5. The summed E-state index contributed by atoms with van der Waals surface area (Å²) in [7, 11) is -3.22. The summed E-state index contributed by atoms with van der Waals surface area (Å²) >= 11 is 0. The molecule has 0 radical (unpaired) electrons. The molecule has 7 heteroatoms. The molecule has 96 valence electrons. The fourth-order valence-corrected chi connectivity index (χ4v) is 1.43. The number of rotatable bonds is 4. The molecular formula is C10H17N3O3S. The minimum absolute atomic E-state index is 0.0648. The van der Waals surface area contributed by atoms with E-state index in [9.17, 15) is 13.2 Å². The van der Waals surface area contributed by atoms with Crippen LogP contribution in [0, 0.1) is 6.92 Å². The number of nitrogens with zero attached hydrogens (tertiary/aromatic N) is 1. The van der Waals surface area contributed by atoms with Crippen molar-refractivity contribution in [1.29, 1.82) is 0 Å². The van der Waals surface area contributed by atoms with Crippen LogP contribution in [-0.2, 0) is 9.84 Å². The molecule has 0 saturated heterocycles. The highest BCUT2D eigenvalue weighted by Crippen LogP contribution is 2.13. The van der Waals surface area contributed by atoms with Crippen LogP contribution < -0.4 is 5.32 Å². The summed E-state index contributed by atoms with van der Waals surface area (Å²) in [5.74, 6) is -0.326. The predicted octanol–water partition coefficient (Wildman–Crippen LogP) is 0.271. The van der Waals surface area contributed by atoms with Crippen LogP contribution >= 0.6 is 0 Å². The lowest BCUT2D eigenvalue weighted by molar-refractivity contribution is 0.0950. The Morgan fingerprint density at radius 1 is 1.53 bits per heavy atom. The minimum atomic E-state index is -3.22. The molecule has 6 nitrogen and oxygen atoms in total. The zero-order valence-corrected chi connectivity index (χ0v) is 11.2. The van der Waals surface area contributed by atoms with Gasteiger partial charge in [0.1, 0.15) is 0 Å². The number of hydrogen-bond acceptors (Lipinski definition) is 4. The lowest BCUT2D eigenvalue weighted by Gasteiger charge is -2.22. The van der Waals surface area contributed by atoms with Crippen LogP contribution in [0.3, 0.4) is 0 Å². The summed E-state index contributed by atoms with van der Waals surface area (Å²) < 4.78 is 21.9. The number of aryl methyl sites for hydroxylation is 1. The van der Waals surface area contributed by atoms with Crippen LogP contribution in [-0.4, -0.2) is 42.1 Å². The van der Waals surface area contributed by atoms with Gasteiger partial charge in [-0.25, -0.2) is 8.42 Å². The third kappa shape index (κ3) is 3.06. The zero-order valence-electron chi connectivity index (χ0n) is 10.4. The number of nitrogens with one attached hydrogen (secondary N) is 2. The third-order valence-electron chi connectivity index (χ3n) is 2.75. The second-order valence-electron chi connectivity index (χ2n) is 4.62. The van der Waals surface area contributed by atoms with Crippen molar-refractivity contribution in [1.82, 2.24) is 15.5 Å². The van der Waals surface area contributed by atoms with Gasteiger partial charge in [0.05, 0.1) is 16.5 Å². The smallest absolute Gasteiger partial charge is 0.254 e. The maximum atomic E-state index is 11.7. The molecule has 1 rings (SSSR count). The number of aromatic amines is 1. The van der Waals surface area contributed by atoms with E-state index in [0.717, 1.165) is 6.26 Å². The van der Waals surface area contributed by atoms with E-state index in [0.29, 0.717) is 11.3 Å². The first-order chi connectivity index (χ1) is 7.65. The average Bonchev–Trinajstić information content (AvgIpc) is 2.59. The standard InChI is InChI=1S/C10H17N3O3S/c1-7-8(5-12-13-7)9(14)11-6-10(2,3)17(4,15)16/h5H,6H2,1-4H3,(H,11,14)(H,12,13). The van der Waals surface area contributed by atoms with Crippen LogP contribution in [0.4, 0.5) is 0 Å². The number of aromatic nitrogens is 2. The molecule has 0 fully saturated rings. The lowest BCUT2D eigenvalue weighted by atomic mass is 10.2. The van der Waals surface area contributed by atoms with E-state index >= 15 is 0 Å². The van der Waals surface area contributed by atoms with Crippen molar-refractivity contribution in [3.8, 4) is 0 Å². The van der Waals surface area contributed by atoms with Crippen molar-refractivity contribution in [3.05, 3.63) is 17.5 Å². The van der Waals surface area contributed by atoms with E-state index in [2.05, 4.69) is 15.5 Å². The van der Waals surface area contributed by atoms with Crippen molar-refractivity contribution in [2.24, 2.45) is 0 Å². The third-order valence-corrected chi connectivity index (χ3v) is 4.90. The molecule has 0 aliphatic heterocycles. The van der Waals surface area contributed by atoms with Crippen LogP contribution in [0.25, 0.3) is 0 Å². The maximum absolute atomic E-state index is 11.7. The van der Waals surface area contributed by atoms with Gasteiger partial charge in [-0.3, -0.25) is 9.89 Å². The summed E-state index contributed by atoms with van der Waals surface area (Å²) in [6, 6.07) is 0. The molecule has 0 spiro atoms. The molecule has 0 bridgehead atoms. The molecule has 0 aliphatic rings. The van der Waals surface area contributed by atoms with Gasteiger partial charge in [0.15, 0.2) is 9.84 Å². The Hall–Kier alpha value is -1.37. The molecule has 1 aromatic rings. The SMILES string of the molecule is Cc1[nH]ncc1C(=O)NCC(C)(C)S(C)(=O)=O. The number of hydrogen-bond donors (Lipinski definition) is 2. The summed E-state index contributed by atoms with van der Waals surface area (Å²) in [5.41, 5.74) is 1.08. The minimum Gasteiger partial charge on any atom is -0.350 e. The van der Waals surface area contributed by atoms with Crippen molar-refractivity contribution in [2.75, 3.05) is 12.8 Å². The molecular weight excluding hydrogens is 242 g/mol. The second-order valence-corrected chi connectivity index (χ2v) is 7.27. The Morgan fingerprint density at radius 3 is 2.53 bits per heavy atom. The Bertz CT molecular complexity index is 517. The van der Waals surface area contributed by atoms with E-state index in [4.69, 9.17) is 0 Å². The van der Waals surface area contributed by atoms with Gasteiger partial charge in [-0.2, -0.15) is 5.10 Å². The zero-order chi connectivity index (χ0) is 13.3. The van der Waals surface area contributed by atoms with Crippen molar-refractivity contribution < 1.29 is 13.2 Å². The summed E-state index contributed by atoms with van der Waals surface area (Å²) in [6.07, 6.45) is 2.57. The van der Waals surface area contributed by atoms with E-state index < -0.39 is 14.6 Å². The van der Waals surface area contributed by atoms with Crippen LogP contribution in [0.15, 0.2) is 6.20 Å². The van der Waals surface area contributed by atoms with E-state index in [1.807, 2.05) is 0 Å². The maximum Gasteiger partial charge on any atom is 0.254 e. The monoisotopic (exact) mass is 259 g/mol. The van der Waals surface area contributed by atoms with Crippen molar-refractivity contribution >= 4 is 15.7 Å². The molecule has 0 unspecified atom stereocenters. The van der Waals surface area contributed by atoms with Gasteiger partial charge in [0.25, 0.3) is 5.91 Å². The van der Waals surface area contributed by atoms with E-state index in [-0.39, 0.29) is 12.5 Å². The molecule has 1 amide bonds. The predicted molar refractivity (Wildman–Crippen MR) is 64.6 cm³/mol. The molecule has 0 saturated carbocycles. The van der Waals surface area contributed by atoms with Crippen LogP contribution in [0.2, 0.25) is 0 Å². The molecule has 0 aromatic carbocycles. The highest BCUT2D eigenvalue weighted by Gasteiger charge is 2.30. The van der Waals surface area contributed by atoms with Crippen molar-refractivity contribution in [2.45, 2.75) is 25.5 Å². The van der Waals surface area contributed by atoms with E-state index in [1.54, 1.807) is 20.8 Å². The molecule has 1 aromatic heterocycles. The van der Waals surface area contributed by atoms with Gasteiger partial charge in [-0.1, -0.05) is 0 Å². The fraction of sp³-hybridized carbons (Fsp3) is 0.600. The van der Waals surface area contributed by atoms with Crippen LogP contribution in [0.1, 0.15) is 29.9 Å². The first kappa shape index (κ1) is 13.7. The highest BCUT2D eigenvalue weighted by molar-refractivity contribution is 7.92. The van der Waals surface area contributed by atoms with Gasteiger partial charge >= 0.3 is 0 Å². The Labute approximate surface area is 101 Å². The first-order valence-corrected chi connectivity index (χ1v) is 7.02. The second kappa shape index (κ2) is 4.48. The molecule has 0 atom stereocenters. The van der Waals surface area contributed by atoms with Gasteiger partial charge in [-0.15, -0.1) is 0 Å². The quantitative estimate of drug-likeness (QED) is 0.812. The molecule has 1 heterocycles. The van der Waals surface area contributed by atoms with Crippen LogP contribution in [0.5, 0.6) is 0 Å². The van der Waals surface area contributed by atoms with Crippen molar-refractivity contribution in [3.63, 3.8) is 0 Å².